The Morgan fingerprint density at radius 3 is 2.76 bits per heavy atom. The maximum Gasteiger partial charge on any atom is 0.333 e. The van der Waals surface area contributed by atoms with Gasteiger partial charge in [-0.25, -0.2) is 9.80 Å². The van der Waals surface area contributed by atoms with Gasteiger partial charge in [-0.1, -0.05) is 18.5 Å². The Hall–Kier alpha value is -2.05. The van der Waals surface area contributed by atoms with Crippen LogP contribution in [0.5, 0.6) is 0 Å². The average molecular weight is 240 g/mol. The summed E-state index contributed by atoms with van der Waals surface area (Å²) >= 11 is 0. The highest BCUT2D eigenvalue weighted by Gasteiger charge is 2.16. The quantitative estimate of drug-likeness (QED) is 0.760. The third-order valence-corrected chi connectivity index (χ3v) is 2.10. The number of hydrazine groups is 1. The number of carbonyl (C=O) groups excluding carboxylic acids is 2. The summed E-state index contributed by atoms with van der Waals surface area (Å²) in [6.07, 6.45) is 1.64. The molecule has 0 aliphatic carbocycles. The van der Waals surface area contributed by atoms with Gasteiger partial charge in [-0.05, 0) is 13.3 Å². The van der Waals surface area contributed by atoms with Crippen molar-refractivity contribution in [2.24, 2.45) is 5.73 Å². The van der Waals surface area contributed by atoms with Gasteiger partial charge in [-0.2, -0.15) is 0 Å². The highest BCUT2D eigenvalue weighted by atomic mass is 16.5. The van der Waals surface area contributed by atoms with Crippen molar-refractivity contribution in [3.8, 4) is 0 Å². The molecule has 1 rings (SSSR count). The van der Waals surface area contributed by atoms with Crippen LogP contribution >= 0.6 is 0 Å². The molecule has 0 aliphatic heterocycles. The molecule has 0 fully saturated rings. The second kappa shape index (κ2) is 5.88. The normalized spacial score (nSPS) is 10.0. The number of aryl methyl sites for hydroxylation is 1. The summed E-state index contributed by atoms with van der Waals surface area (Å²) in [5.74, 6) is 0.00564. The summed E-state index contributed by atoms with van der Waals surface area (Å²) in [6.45, 7) is 4.02. The van der Waals surface area contributed by atoms with Gasteiger partial charge >= 0.3 is 6.03 Å². The van der Waals surface area contributed by atoms with Crippen LogP contribution in [0.4, 0.5) is 4.79 Å². The third kappa shape index (κ3) is 3.78. The van der Waals surface area contributed by atoms with E-state index in [1.807, 2.05) is 6.92 Å². The Labute approximate surface area is 98.9 Å². The zero-order valence-corrected chi connectivity index (χ0v) is 9.90. The number of aromatic nitrogens is 1. The minimum Gasteiger partial charge on any atom is -0.361 e. The molecular weight excluding hydrogens is 224 g/mol. The first kappa shape index (κ1) is 13.0. The van der Waals surface area contributed by atoms with Crippen LogP contribution in [0.1, 0.15) is 36.0 Å². The van der Waals surface area contributed by atoms with Crippen LogP contribution in [0.2, 0.25) is 0 Å². The first-order valence-electron chi connectivity index (χ1n) is 5.36. The predicted molar refractivity (Wildman–Crippen MR) is 59.9 cm³/mol. The second-order valence-corrected chi connectivity index (χ2v) is 3.61. The SMILES string of the molecule is CCCCN(NC(=O)c1cc(C)on1)C(N)=O. The lowest BCUT2D eigenvalue weighted by molar-refractivity contribution is 0.0822. The lowest BCUT2D eigenvalue weighted by Gasteiger charge is -2.19. The number of amides is 3. The lowest BCUT2D eigenvalue weighted by Crippen LogP contribution is -2.49. The largest absolute Gasteiger partial charge is 0.361 e. The Balaban J connectivity index is 2.60. The van der Waals surface area contributed by atoms with E-state index < -0.39 is 11.9 Å². The van der Waals surface area contributed by atoms with Crippen molar-refractivity contribution in [2.45, 2.75) is 26.7 Å². The van der Waals surface area contributed by atoms with E-state index in [-0.39, 0.29) is 5.69 Å². The number of nitrogens with one attached hydrogen (secondary N) is 1. The highest BCUT2D eigenvalue weighted by molar-refractivity contribution is 5.93. The van der Waals surface area contributed by atoms with Crippen LogP contribution < -0.4 is 11.2 Å². The molecule has 3 N–H and O–H groups in total. The van der Waals surface area contributed by atoms with Crippen LogP contribution in [0, 0.1) is 6.92 Å². The van der Waals surface area contributed by atoms with Crippen molar-refractivity contribution in [1.82, 2.24) is 15.6 Å². The van der Waals surface area contributed by atoms with Crippen molar-refractivity contribution < 1.29 is 14.1 Å². The predicted octanol–water partition coefficient (Wildman–Crippen LogP) is 0.809. The Bertz CT molecular complexity index is 402. The summed E-state index contributed by atoms with van der Waals surface area (Å²) in [5.41, 5.74) is 7.63. The molecule has 0 aromatic carbocycles. The monoisotopic (exact) mass is 240 g/mol. The number of unbranched alkanes of at least 4 members (excludes halogenated alkanes) is 1. The highest BCUT2D eigenvalue weighted by Crippen LogP contribution is 2.02. The van der Waals surface area contributed by atoms with Gasteiger partial charge in [0.1, 0.15) is 5.76 Å². The third-order valence-electron chi connectivity index (χ3n) is 2.10. The van der Waals surface area contributed by atoms with Crippen LogP contribution in [0.25, 0.3) is 0 Å². The van der Waals surface area contributed by atoms with Crippen molar-refractivity contribution in [3.05, 3.63) is 17.5 Å². The number of nitrogens with two attached hydrogens (primary N) is 1. The van der Waals surface area contributed by atoms with Gasteiger partial charge in [0.15, 0.2) is 5.69 Å². The Morgan fingerprint density at radius 1 is 1.59 bits per heavy atom. The zero-order chi connectivity index (χ0) is 12.8. The van der Waals surface area contributed by atoms with E-state index in [0.29, 0.717) is 12.3 Å². The van der Waals surface area contributed by atoms with Gasteiger partial charge in [-0.3, -0.25) is 10.2 Å². The van der Waals surface area contributed by atoms with E-state index in [4.69, 9.17) is 10.3 Å². The molecule has 7 nitrogen and oxygen atoms in total. The van der Waals surface area contributed by atoms with E-state index in [1.165, 1.54) is 6.07 Å². The molecule has 1 heterocycles. The molecule has 0 radical (unpaired) electrons. The van der Waals surface area contributed by atoms with Gasteiger partial charge in [0.25, 0.3) is 5.91 Å². The summed E-state index contributed by atoms with van der Waals surface area (Å²) in [4.78, 5) is 22.7. The van der Waals surface area contributed by atoms with Crippen molar-refractivity contribution in [3.63, 3.8) is 0 Å². The molecule has 0 spiro atoms. The molecule has 17 heavy (non-hydrogen) atoms. The smallest absolute Gasteiger partial charge is 0.333 e. The number of hydrogen-bond acceptors (Lipinski definition) is 4. The molecular formula is C10H16N4O3. The fraction of sp³-hybridized carbons (Fsp3) is 0.500. The van der Waals surface area contributed by atoms with Crippen LogP contribution in [-0.2, 0) is 0 Å². The second-order valence-electron chi connectivity index (χ2n) is 3.61. The maximum atomic E-state index is 11.7. The molecule has 0 saturated carbocycles. The van der Waals surface area contributed by atoms with E-state index in [0.717, 1.165) is 17.9 Å². The Kier molecular flexibility index (Phi) is 4.50. The van der Waals surface area contributed by atoms with E-state index in [1.54, 1.807) is 6.92 Å². The standard InChI is InChI=1S/C10H16N4O3/c1-3-4-5-14(10(11)16)12-9(15)8-6-7(2)17-13-8/h6H,3-5H2,1-2H3,(H2,11,16)(H,12,15). The number of nitrogens with zero attached hydrogens (tertiary/aromatic N) is 2. The molecule has 0 unspecified atom stereocenters. The number of carbonyl (C=O) groups is 2. The van der Waals surface area contributed by atoms with Gasteiger partial charge in [0, 0.05) is 12.6 Å². The summed E-state index contributed by atoms with van der Waals surface area (Å²) in [6, 6.07) is 0.779. The van der Waals surface area contributed by atoms with Crippen LogP contribution in [0.15, 0.2) is 10.6 Å². The molecule has 0 bridgehead atoms. The number of urea groups is 1. The molecule has 0 saturated heterocycles. The lowest BCUT2D eigenvalue weighted by atomic mass is 10.3. The van der Waals surface area contributed by atoms with E-state index in [9.17, 15) is 9.59 Å². The van der Waals surface area contributed by atoms with Crippen LogP contribution in [0.3, 0.4) is 0 Å². The maximum absolute atomic E-state index is 11.7. The number of hydrogen-bond donors (Lipinski definition) is 2. The first-order valence-corrected chi connectivity index (χ1v) is 5.36. The van der Waals surface area contributed by atoms with E-state index >= 15 is 0 Å². The Morgan fingerprint density at radius 2 is 2.29 bits per heavy atom. The zero-order valence-electron chi connectivity index (χ0n) is 9.90. The fourth-order valence-corrected chi connectivity index (χ4v) is 1.19. The molecule has 7 heteroatoms. The minimum absolute atomic E-state index is 0.116. The van der Waals surface area contributed by atoms with Gasteiger partial charge < -0.3 is 10.3 Å². The minimum atomic E-state index is -0.702. The van der Waals surface area contributed by atoms with Gasteiger partial charge in [-0.15, -0.1) is 0 Å². The number of rotatable bonds is 4. The first-order chi connectivity index (χ1) is 8.04. The molecule has 1 aromatic rings. The molecule has 0 aliphatic rings. The van der Waals surface area contributed by atoms with Crippen LogP contribution in [-0.4, -0.2) is 28.6 Å². The average Bonchev–Trinajstić information content (AvgIpc) is 2.70. The van der Waals surface area contributed by atoms with E-state index in [2.05, 4.69) is 10.6 Å². The van der Waals surface area contributed by atoms with Crippen molar-refractivity contribution in [1.29, 1.82) is 0 Å². The fourth-order valence-electron chi connectivity index (χ4n) is 1.19. The number of primary amides is 1. The molecule has 94 valence electrons. The van der Waals surface area contributed by atoms with Crippen molar-refractivity contribution >= 4 is 11.9 Å². The molecule has 0 atom stereocenters. The van der Waals surface area contributed by atoms with Gasteiger partial charge in [0.05, 0.1) is 0 Å². The van der Waals surface area contributed by atoms with Crippen molar-refractivity contribution in [2.75, 3.05) is 6.54 Å². The molecule has 1 aromatic heterocycles. The topological polar surface area (TPSA) is 101 Å². The summed E-state index contributed by atoms with van der Waals surface area (Å²) < 4.78 is 4.76. The molecule has 3 amide bonds. The summed E-state index contributed by atoms with van der Waals surface area (Å²) in [5, 5.41) is 4.61. The summed E-state index contributed by atoms with van der Waals surface area (Å²) in [7, 11) is 0. The van der Waals surface area contributed by atoms with Gasteiger partial charge in [0.2, 0.25) is 0 Å².